The Kier molecular flexibility index (Phi) is 6.58. The van der Waals surface area contributed by atoms with Gasteiger partial charge in [0.15, 0.2) is 17.6 Å². The third-order valence-corrected chi connectivity index (χ3v) is 4.43. The second kappa shape index (κ2) is 9.33. The van der Waals surface area contributed by atoms with E-state index in [1.165, 1.54) is 35.0 Å². The minimum Gasteiger partial charge on any atom is -0.468 e. The number of carbonyl (C=O) groups excluding carboxylic acids is 2. The lowest BCUT2D eigenvalue weighted by atomic mass is 9.96. The molecule has 0 bridgehead atoms. The zero-order valence-corrected chi connectivity index (χ0v) is 16.6. The van der Waals surface area contributed by atoms with Crippen LogP contribution >= 0.6 is 0 Å². The molecule has 10 heteroatoms. The van der Waals surface area contributed by atoms with E-state index in [-0.39, 0.29) is 35.9 Å². The van der Waals surface area contributed by atoms with E-state index in [1.807, 2.05) is 0 Å². The van der Waals surface area contributed by atoms with Crippen LogP contribution in [0.3, 0.4) is 0 Å². The van der Waals surface area contributed by atoms with E-state index in [9.17, 15) is 23.2 Å². The second-order valence-corrected chi connectivity index (χ2v) is 6.35. The highest BCUT2D eigenvalue weighted by molar-refractivity contribution is 5.86. The minimum atomic E-state index is -1.56. The quantitative estimate of drug-likeness (QED) is 0.529. The second-order valence-electron chi connectivity index (χ2n) is 6.35. The van der Waals surface area contributed by atoms with Crippen LogP contribution in [0.25, 0.3) is 0 Å². The predicted molar refractivity (Wildman–Crippen MR) is 102 cm³/mol. The maximum Gasteiger partial charge on any atom is 0.375 e. The van der Waals surface area contributed by atoms with Crippen molar-refractivity contribution in [2.45, 2.75) is 19.4 Å². The lowest BCUT2D eigenvalue weighted by molar-refractivity contribution is -0.141. The number of benzene rings is 1. The number of esters is 2. The van der Waals surface area contributed by atoms with E-state index in [1.54, 1.807) is 13.0 Å². The SMILES string of the molecule is CCOC(=O)c1cnc(C(C(=O)OC)c2ccc(Cn3ccccc3=O)c(F)c2F)o1. The molecule has 0 fully saturated rings. The molecule has 3 rings (SSSR count). The number of oxazole rings is 1. The molecule has 2 heterocycles. The largest absolute Gasteiger partial charge is 0.468 e. The molecule has 1 aromatic carbocycles. The van der Waals surface area contributed by atoms with Crippen LogP contribution in [-0.2, 0) is 20.8 Å². The summed E-state index contributed by atoms with van der Waals surface area (Å²) < 4.78 is 45.7. The first-order valence-corrected chi connectivity index (χ1v) is 9.20. The molecular formula is C21H18F2N2O6. The molecule has 0 saturated carbocycles. The standard InChI is InChI=1S/C21H18F2N2O6/c1-3-30-20(27)14-10-24-19(31-14)16(21(28)29-2)13-8-7-12(17(22)18(13)23)11-25-9-5-4-6-15(25)26/h4-10,16H,3,11H2,1-2H3. The number of hydrogen-bond donors (Lipinski definition) is 0. The van der Waals surface area contributed by atoms with Gasteiger partial charge in [-0.25, -0.2) is 18.6 Å². The van der Waals surface area contributed by atoms with Gasteiger partial charge in [0, 0.05) is 23.4 Å². The van der Waals surface area contributed by atoms with Gasteiger partial charge in [-0.15, -0.1) is 0 Å². The van der Waals surface area contributed by atoms with E-state index >= 15 is 0 Å². The molecule has 1 unspecified atom stereocenters. The number of rotatable bonds is 7. The molecule has 1 atom stereocenters. The fraction of sp³-hybridized carbons (Fsp3) is 0.238. The van der Waals surface area contributed by atoms with E-state index < -0.39 is 35.1 Å². The van der Waals surface area contributed by atoms with E-state index in [2.05, 4.69) is 9.72 Å². The molecule has 0 radical (unpaired) electrons. The number of pyridine rings is 1. The highest BCUT2D eigenvalue weighted by atomic mass is 19.2. The molecule has 0 aliphatic rings. The Morgan fingerprint density at radius 3 is 2.65 bits per heavy atom. The number of nitrogens with zero attached hydrogens (tertiary/aromatic N) is 2. The fourth-order valence-electron chi connectivity index (χ4n) is 2.92. The lowest BCUT2D eigenvalue weighted by Crippen LogP contribution is -2.21. The summed E-state index contributed by atoms with van der Waals surface area (Å²) in [6.07, 6.45) is 2.46. The average molecular weight is 432 g/mol. The van der Waals surface area contributed by atoms with E-state index in [0.29, 0.717) is 0 Å². The molecule has 2 aromatic heterocycles. The number of hydrogen-bond acceptors (Lipinski definition) is 7. The highest BCUT2D eigenvalue weighted by Crippen LogP contribution is 2.30. The Morgan fingerprint density at radius 1 is 1.19 bits per heavy atom. The number of methoxy groups -OCH3 is 1. The van der Waals surface area contributed by atoms with Crippen molar-refractivity contribution in [3.63, 3.8) is 0 Å². The summed E-state index contributed by atoms with van der Waals surface area (Å²) in [6, 6.07) is 6.83. The Labute approximate surface area is 175 Å². The van der Waals surface area contributed by atoms with Crippen molar-refractivity contribution < 1.29 is 32.3 Å². The third kappa shape index (κ3) is 4.52. The van der Waals surface area contributed by atoms with Gasteiger partial charge in [-0.1, -0.05) is 18.2 Å². The van der Waals surface area contributed by atoms with Crippen LogP contribution in [0.1, 0.15) is 40.4 Å². The lowest BCUT2D eigenvalue weighted by Gasteiger charge is -2.15. The van der Waals surface area contributed by atoms with Gasteiger partial charge >= 0.3 is 11.9 Å². The molecule has 162 valence electrons. The van der Waals surface area contributed by atoms with E-state index in [4.69, 9.17) is 9.15 Å². The van der Waals surface area contributed by atoms with Gasteiger partial charge in [0.1, 0.15) is 0 Å². The summed E-state index contributed by atoms with van der Waals surface area (Å²) in [5, 5.41) is 0. The van der Waals surface area contributed by atoms with Gasteiger partial charge in [-0.2, -0.15) is 0 Å². The topological polar surface area (TPSA) is 101 Å². The normalized spacial score (nSPS) is 11.7. The van der Waals surface area contributed by atoms with Crippen molar-refractivity contribution in [3.05, 3.63) is 87.5 Å². The Bertz CT molecular complexity index is 1170. The summed E-state index contributed by atoms with van der Waals surface area (Å²) in [7, 11) is 1.06. The van der Waals surface area contributed by atoms with Crippen molar-refractivity contribution in [2.75, 3.05) is 13.7 Å². The first-order valence-electron chi connectivity index (χ1n) is 9.20. The van der Waals surface area contributed by atoms with Gasteiger partial charge in [-0.05, 0) is 13.0 Å². The maximum atomic E-state index is 15.0. The van der Waals surface area contributed by atoms with Crippen molar-refractivity contribution >= 4 is 11.9 Å². The molecule has 8 nitrogen and oxygen atoms in total. The van der Waals surface area contributed by atoms with Crippen molar-refractivity contribution in [1.29, 1.82) is 0 Å². The van der Waals surface area contributed by atoms with E-state index in [0.717, 1.165) is 13.3 Å². The monoisotopic (exact) mass is 432 g/mol. The summed E-state index contributed by atoms with van der Waals surface area (Å²) in [5.41, 5.74) is -0.881. The molecule has 0 amide bonds. The van der Waals surface area contributed by atoms with Gasteiger partial charge in [0.25, 0.3) is 5.56 Å². The molecule has 0 aliphatic heterocycles. The average Bonchev–Trinajstić information content (AvgIpc) is 3.24. The molecule has 3 aromatic rings. The third-order valence-electron chi connectivity index (χ3n) is 4.43. The van der Waals surface area contributed by atoms with Gasteiger partial charge in [-0.3, -0.25) is 9.59 Å². The molecule has 0 saturated heterocycles. The Morgan fingerprint density at radius 2 is 1.97 bits per heavy atom. The van der Waals surface area contributed by atoms with Crippen LogP contribution in [0.2, 0.25) is 0 Å². The predicted octanol–water partition coefficient (Wildman–Crippen LogP) is 2.64. The zero-order chi connectivity index (χ0) is 22.5. The van der Waals surface area contributed by atoms with Gasteiger partial charge in [0.2, 0.25) is 11.7 Å². The van der Waals surface area contributed by atoms with Crippen LogP contribution in [0.4, 0.5) is 8.78 Å². The van der Waals surface area contributed by atoms with Crippen LogP contribution < -0.4 is 5.56 Å². The summed E-state index contributed by atoms with van der Waals surface area (Å²) in [4.78, 5) is 39.8. The smallest absolute Gasteiger partial charge is 0.375 e. The van der Waals surface area contributed by atoms with Gasteiger partial charge in [0.05, 0.1) is 26.5 Å². The van der Waals surface area contributed by atoms with Crippen molar-refractivity contribution in [1.82, 2.24) is 9.55 Å². The maximum absolute atomic E-state index is 15.0. The molecule has 0 N–H and O–H groups in total. The Hall–Kier alpha value is -3.82. The molecule has 0 aliphatic carbocycles. The molecule has 0 spiro atoms. The summed E-state index contributed by atoms with van der Waals surface area (Å²) in [6.45, 7) is 1.47. The zero-order valence-electron chi connectivity index (χ0n) is 16.6. The highest BCUT2D eigenvalue weighted by Gasteiger charge is 2.33. The van der Waals surface area contributed by atoms with Crippen LogP contribution in [0.15, 0.2) is 51.9 Å². The molecule has 31 heavy (non-hydrogen) atoms. The fourth-order valence-corrected chi connectivity index (χ4v) is 2.92. The van der Waals surface area contributed by atoms with Crippen molar-refractivity contribution in [2.24, 2.45) is 0 Å². The number of halogens is 2. The first-order chi connectivity index (χ1) is 14.9. The summed E-state index contributed by atoms with van der Waals surface area (Å²) in [5.74, 6) is -6.57. The number of ether oxygens (including phenoxy) is 2. The first kappa shape index (κ1) is 21.9. The van der Waals surface area contributed by atoms with Crippen molar-refractivity contribution in [3.8, 4) is 0 Å². The van der Waals surface area contributed by atoms with Crippen LogP contribution in [0, 0.1) is 11.6 Å². The summed E-state index contributed by atoms with van der Waals surface area (Å²) >= 11 is 0. The van der Waals surface area contributed by atoms with Gasteiger partial charge < -0.3 is 18.5 Å². The van der Waals surface area contributed by atoms with Crippen LogP contribution in [-0.4, -0.2) is 35.2 Å². The minimum absolute atomic E-state index is 0.0844. The Balaban J connectivity index is 2.00. The number of carbonyl (C=O) groups is 2. The van der Waals surface area contributed by atoms with Crippen LogP contribution in [0.5, 0.6) is 0 Å². The molecular weight excluding hydrogens is 414 g/mol. The number of aromatic nitrogens is 2.